The summed E-state index contributed by atoms with van der Waals surface area (Å²) in [7, 11) is 0. The second-order valence-corrected chi connectivity index (χ2v) is 2.95. The van der Waals surface area contributed by atoms with Crippen molar-refractivity contribution in [1.29, 1.82) is 0 Å². The summed E-state index contributed by atoms with van der Waals surface area (Å²) in [6.07, 6.45) is 5.09. The molecular formula is C9H13NO3. The number of hydrogen-bond acceptors (Lipinski definition) is 3. The Balaban J connectivity index is 2.34. The van der Waals surface area contributed by atoms with E-state index in [-0.39, 0.29) is 0 Å². The topological polar surface area (TPSA) is 49.8 Å². The van der Waals surface area contributed by atoms with Crippen LogP contribution in [0, 0.1) is 12.3 Å². The molecular weight excluding hydrogens is 170 g/mol. The summed E-state index contributed by atoms with van der Waals surface area (Å²) < 4.78 is 5.06. The molecule has 0 amide bonds. The molecule has 1 heterocycles. The Kier molecular flexibility index (Phi) is 3.74. The van der Waals surface area contributed by atoms with Crippen molar-refractivity contribution in [2.75, 3.05) is 26.2 Å². The van der Waals surface area contributed by atoms with Crippen LogP contribution in [0.1, 0.15) is 6.42 Å². The third-order valence-electron chi connectivity index (χ3n) is 2.00. The molecule has 13 heavy (non-hydrogen) atoms. The monoisotopic (exact) mass is 183 g/mol. The SMILES string of the molecule is C#CCCN1CCOC(C(=O)O)C1. The van der Waals surface area contributed by atoms with Crippen molar-refractivity contribution < 1.29 is 14.6 Å². The summed E-state index contributed by atoms with van der Waals surface area (Å²) in [6, 6.07) is 0. The zero-order valence-corrected chi connectivity index (χ0v) is 7.40. The van der Waals surface area contributed by atoms with Crippen molar-refractivity contribution >= 4 is 5.97 Å². The first kappa shape index (κ1) is 10.0. The van der Waals surface area contributed by atoms with Crippen molar-refractivity contribution in [2.45, 2.75) is 12.5 Å². The third kappa shape index (κ3) is 3.05. The molecule has 0 aromatic heterocycles. The molecule has 72 valence electrons. The Morgan fingerprint density at radius 2 is 2.54 bits per heavy atom. The minimum absolute atomic E-state index is 0.441. The largest absolute Gasteiger partial charge is 0.479 e. The lowest BCUT2D eigenvalue weighted by atomic mass is 10.2. The van der Waals surface area contributed by atoms with E-state index in [1.807, 2.05) is 4.90 Å². The molecule has 0 aromatic rings. The molecule has 0 aromatic carbocycles. The van der Waals surface area contributed by atoms with E-state index in [4.69, 9.17) is 16.3 Å². The van der Waals surface area contributed by atoms with Crippen molar-refractivity contribution in [3.63, 3.8) is 0 Å². The first-order valence-corrected chi connectivity index (χ1v) is 4.24. The number of ether oxygens (including phenoxy) is 1. The molecule has 0 saturated carbocycles. The summed E-state index contributed by atoms with van der Waals surface area (Å²) in [5.41, 5.74) is 0. The fourth-order valence-corrected chi connectivity index (χ4v) is 1.28. The second kappa shape index (κ2) is 4.85. The number of nitrogens with zero attached hydrogens (tertiary/aromatic N) is 1. The van der Waals surface area contributed by atoms with Gasteiger partial charge in [0.2, 0.25) is 0 Å². The van der Waals surface area contributed by atoms with Crippen LogP contribution in [0.2, 0.25) is 0 Å². The molecule has 0 radical (unpaired) electrons. The van der Waals surface area contributed by atoms with Crippen molar-refractivity contribution in [1.82, 2.24) is 4.90 Å². The van der Waals surface area contributed by atoms with Crippen molar-refractivity contribution in [3.8, 4) is 12.3 Å². The lowest BCUT2D eigenvalue weighted by molar-refractivity contribution is -0.155. The fraction of sp³-hybridized carbons (Fsp3) is 0.667. The van der Waals surface area contributed by atoms with Gasteiger partial charge in [0.25, 0.3) is 0 Å². The average Bonchev–Trinajstić information content (AvgIpc) is 2.15. The molecule has 1 rings (SSSR count). The van der Waals surface area contributed by atoms with E-state index in [0.717, 1.165) is 13.1 Å². The summed E-state index contributed by atoms with van der Waals surface area (Å²) >= 11 is 0. The zero-order valence-electron chi connectivity index (χ0n) is 7.40. The molecule has 0 spiro atoms. The van der Waals surface area contributed by atoms with Gasteiger partial charge in [-0.1, -0.05) is 0 Å². The predicted octanol–water partition coefficient (Wildman–Crippen LogP) is -0.205. The highest BCUT2D eigenvalue weighted by Crippen LogP contribution is 2.05. The molecule has 1 atom stereocenters. The number of hydrogen-bond donors (Lipinski definition) is 1. The van der Waals surface area contributed by atoms with Gasteiger partial charge in [-0.2, -0.15) is 0 Å². The van der Waals surface area contributed by atoms with Gasteiger partial charge in [-0.3, -0.25) is 4.90 Å². The Labute approximate surface area is 77.5 Å². The quantitative estimate of drug-likeness (QED) is 0.615. The summed E-state index contributed by atoms with van der Waals surface area (Å²) in [5.74, 6) is 1.63. The normalized spacial score (nSPS) is 23.8. The van der Waals surface area contributed by atoms with E-state index in [1.54, 1.807) is 0 Å². The first-order chi connectivity index (χ1) is 6.24. The lowest BCUT2D eigenvalue weighted by Crippen LogP contribution is -2.46. The average molecular weight is 183 g/mol. The smallest absolute Gasteiger partial charge is 0.334 e. The number of terminal acetylenes is 1. The van der Waals surface area contributed by atoms with Crippen LogP contribution >= 0.6 is 0 Å². The highest BCUT2D eigenvalue weighted by molar-refractivity contribution is 5.72. The van der Waals surface area contributed by atoms with E-state index >= 15 is 0 Å². The molecule has 1 unspecified atom stereocenters. The Morgan fingerprint density at radius 1 is 1.77 bits per heavy atom. The molecule has 0 aliphatic carbocycles. The molecule has 4 heteroatoms. The highest BCUT2D eigenvalue weighted by atomic mass is 16.5. The lowest BCUT2D eigenvalue weighted by Gasteiger charge is -2.30. The highest BCUT2D eigenvalue weighted by Gasteiger charge is 2.25. The minimum Gasteiger partial charge on any atom is -0.479 e. The van der Waals surface area contributed by atoms with Crippen LogP contribution in [0.3, 0.4) is 0 Å². The van der Waals surface area contributed by atoms with Gasteiger partial charge >= 0.3 is 5.97 Å². The summed E-state index contributed by atoms with van der Waals surface area (Å²) in [4.78, 5) is 12.6. The Morgan fingerprint density at radius 3 is 3.15 bits per heavy atom. The van der Waals surface area contributed by atoms with Gasteiger partial charge in [0, 0.05) is 26.1 Å². The number of morpholine rings is 1. The van der Waals surface area contributed by atoms with Crippen LogP contribution in [0.4, 0.5) is 0 Å². The molecule has 1 aliphatic heterocycles. The molecule has 1 N–H and O–H groups in total. The van der Waals surface area contributed by atoms with E-state index in [1.165, 1.54) is 0 Å². The predicted molar refractivity (Wildman–Crippen MR) is 47.3 cm³/mol. The molecule has 1 saturated heterocycles. The number of carboxylic acids is 1. The van der Waals surface area contributed by atoms with Crippen LogP contribution in [0.5, 0.6) is 0 Å². The van der Waals surface area contributed by atoms with Crippen LogP contribution in [0.15, 0.2) is 0 Å². The van der Waals surface area contributed by atoms with Crippen LogP contribution in [-0.2, 0) is 9.53 Å². The van der Waals surface area contributed by atoms with Gasteiger partial charge in [-0.25, -0.2) is 4.79 Å². The van der Waals surface area contributed by atoms with E-state index < -0.39 is 12.1 Å². The number of rotatable bonds is 3. The van der Waals surface area contributed by atoms with Crippen molar-refractivity contribution in [3.05, 3.63) is 0 Å². The van der Waals surface area contributed by atoms with Gasteiger partial charge in [0.15, 0.2) is 6.10 Å². The number of aliphatic carboxylic acids is 1. The zero-order chi connectivity index (χ0) is 9.68. The van der Waals surface area contributed by atoms with Crippen LogP contribution < -0.4 is 0 Å². The number of carbonyl (C=O) groups is 1. The maximum Gasteiger partial charge on any atom is 0.334 e. The molecule has 1 aliphatic rings. The second-order valence-electron chi connectivity index (χ2n) is 2.95. The maximum atomic E-state index is 10.6. The minimum atomic E-state index is -0.898. The van der Waals surface area contributed by atoms with Gasteiger partial charge in [0.1, 0.15) is 0 Å². The molecule has 0 bridgehead atoms. The standard InChI is InChI=1S/C9H13NO3/c1-2-3-4-10-5-6-13-8(7-10)9(11)12/h1,8H,3-7H2,(H,11,12). The van der Waals surface area contributed by atoms with Crippen molar-refractivity contribution in [2.24, 2.45) is 0 Å². The van der Waals surface area contributed by atoms with E-state index in [9.17, 15) is 4.79 Å². The summed E-state index contributed by atoms with van der Waals surface area (Å²) in [6.45, 7) is 2.44. The van der Waals surface area contributed by atoms with Crippen LogP contribution in [-0.4, -0.2) is 48.3 Å². The Hall–Kier alpha value is -1.05. The summed E-state index contributed by atoms with van der Waals surface area (Å²) in [5, 5.41) is 8.69. The van der Waals surface area contributed by atoms with Gasteiger partial charge < -0.3 is 9.84 Å². The Bertz CT molecular complexity index is 221. The van der Waals surface area contributed by atoms with Crippen LogP contribution in [0.25, 0.3) is 0 Å². The van der Waals surface area contributed by atoms with E-state index in [0.29, 0.717) is 19.6 Å². The van der Waals surface area contributed by atoms with Gasteiger partial charge in [-0.05, 0) is 0 Å². The first-order valence-electron chi connectivity index (χ1n) is 4.24. The molecule has 1 fully saturated rings. The third-order valence-corrected chi connectivity index (χ3v) is 2.00. The fourth-order valence-electron chi connectivity index (χ4n) is 1.28. The van der Waals surface area contributed by atoms with Gasteiger partial charge in [-0.15, -0.1) is 12.3 Å². The van der Waals surface area contributed by atoms with E-state index in [2.05, 4.69) is 5.92 Å². The molecule has 4 nitrogen and oxygen atoms in total. The number of carboxylic acid groups (broad SMARTS) is 1. The van der Waals surface area contributed by atoms with Gasteiger partial charge in [0.05, 0.1) is 6.61 Å². The maximum absolute atomic E-state index is 10.6.